The molecular weight excluding hydrogens is 422 g/mol. The van der Waals surface area contributed by atoms with Gasteiger partial charge in [-0.3, -0.25) is 4.79 Å². The molecule has 0 radical (unpaired) electrons. The van der Waals surface area contributed by atoms with Crippen molar-refractivity contribution in [3.63, 3.8) is 0 Å². The van der Waals surface area contributed by atoms with Gasteiger partial charge in [0.2, 0.25) is 5.91 Å². The lowest BCUT2D eigenvalue weighted by molar-refractivity contribution is -0.128. The summed E-state index contributed by atoms with van der Waals surface area (Å²) in [4.78, 5) is 23.3. The van der Waals surface area contributed by atoms with Gasteiger partial charge in [0.05, 0.1) is 6.61 Å². The first-order valence-corrected chi connectivity index (χ1v) is 11.3. The van der Waals surface area contributed by atoms with Crippen LogP contribution in [-0.4, -0.2) is 63.6 Å². The SMILES string of the molecule is CC1=C(/C=C/C(C)=C/C=C/C(C)=C/C(=O)N[C@@H](C=O)[C@@H](O)[C@H](O)[C@H](O)CO)C(C)(C)CCC1. The van der Waals surface area contributed by atoms with Gasteiger partial charge in [-0.05, 0) is 56.6 Å². The minimum Gasteiger partial charge on any atom is -0.394 e. The van der Waals surface area contributed by atoms with Crippen molar-refractivity contribution in [3.8, 4) is 0 Å². The number of carbonyl (C=O) groups is 2. The van der Waals surface area contributed by atoms with Crippen LogP contribution in [0.2, 0.25) is 0 Å². The molecule has 184 valence electrons. The number of aliphatic hydroxyl groups excluding tert-OH is 4. The Balaban J connectivity index is 2.75. The normalized spacial score (nSPS) is 21.2. The Morgan fingerprint density at radius 1 is 1.12 bits per heavy atom. The van der Waals surface area contributed by atoms with Crippen LogP contribution >= 0.6 is 0 Å². The largest absolute Gasteiger partial charge is 0.394 e. The molecule has 1 aliphatic rings. The first kappa shape index (κ1) is 28.7. The maximum Gasteiger partial charge on any atom is 0.244 e. The van der Waals surface area contributed by atoms with Gasteiger partial charge in [0.25, 0.3) is 0 Å². The molecule has 1 rings (SSSR count). The number of rotatable bonds is 11. The Morgan fingerprint density at radius 3 is 2.36 bits per heavy atom. The van der Waals surface area contributed by atoms with Crippen LogP contribution in [0.4, 0.5) is 0 Å². The Bertz CT molecular complexity index is 834. The molecule has 0 fully saturated rings. The van der Waals surface area contributed by atoms with Crippen molar-refractivity contribution in [3.05, 3.63) is 58.7 Å². The standard InChI is InChI=1S/C26H39NO6/c1-17(11-12-20-19(3)10-7-13-26(20,4)5)8-6-9-18(2)14-23(31)27-21(15-28)24(32)25(33)22(30)16-29/h6,8-9,11-12,14-15,21-22,24-25,29-30,32-33H,7,10,13,16H2,1-5H3,(H,27,31)/b9-6+,12-11+,17-8+,18-14+/t21-,22+,24+,25+/m0/s1. The van der Waals surface area contributed by atoms with Gasteiger partial charge in [-0.2, -0.15) is 0 Å². The lowest BCUT2D eigenvalue weighted by atomic mass is 9.72. The average molecular weight is 462 g/mol. The number of amides is 1. The van der Waals surface area contributed by atoms with Crippen molar-refractivity contribution in [1.29, 1.82) is 0 Å². The van der Waals surface area contributed by atoms with Gasteiger partial charge in [-0.25, -0.2) is 0 Å². The van der Waals surface area contributed by atoms with Gasteiger partial charge in [-0.15, -0.1) is 0 Å². The van der Waals surface area contributed by atoms with E-state index in [-0.39, 0.29) is 11.7 Å². The molecule has 7 heteroatoms. The summed E-state index contributed by atoms with van der Waals surface area (Å²) in [6.07, 6.45) is 9.66. The molecule has 33 heavy (non-hydrogen) atoms. The molecule has 0 spiro atoms. The second-order valence-electron chi connectivity index (χ2n) is 9.32. The quantitative estimate of drug-likeness (QED) is 0.183. The highest BCUT2D eigenvalue weighted by Crippen LogP contribution is 2.40. The Labute approximate surface area is 196 Å². The van der Waals surface area contributed by atoms with E-state index in [2.05, 4.69) is 38.2 Å². The monoisotopic (exact) mass is 461 g/mol. The zero-order valence-corrected chi connectivity index (χ0v) is 20.3. The Hall–Kier alpha value is -2.32. The molecule has 4 atom stereocenters. The maximum absolute atomic E-state index is 12.1. The summed E-state index contributed by atoms with van der Waals surface area (Å²) < 4.78 is 0. The third-order valence-corrected chi connectivity index (χ3v) is 5.89. The second kappa shape index (κ2) is 13.4. The van der Waals surface area contributed by atoms with Crippen LogP contribution in [-0.2, 0) is 9.59 Å². The summed E-state index contributed by atoms with van der Waals surface area (Å²) in [5.41, 5.74) is 4.68. The zero-order chi connectivity index (χ0) is 25.2. The average Bonchev–Trinajstić information content (AvgIpc) is 2.74. The summed E-state index contributed by atoms with van der Waals surface area (Å²) in [6, 6.07) is -1.43. The summed E-state index contributed by atoms with van der Waals surface area (Å²) in [5, 5.41) is 40.2. The lowest BCUT2D eigenvalue weighted by Gasteiger charge is -2.32. The van der Waals surface area contributed by atoms with Gasteiger partial charge >= 0.3 is 0 Å². The van der Waals surface area contributed by atoms with E-state index in [4.69, 9.17) is 5.11 Å². The maximum atomic E-state index is 12.1. The molecule has 0 heterocycles. The van der Waals surface area contributed by atoms with Crippen LogP contribution < -0.4 is 5.32 Å². The molecule has 0 aromatic heterocycles. The molecule has 5 N–H and O–H groups in total. The Kier molecular flexibility index (Phi) is 11.7. The molecule has 0 bridgehead atoms. The predicted molar refractivity (Wildman–Crippen MR) is 129 cm³/mol. The topological polar surface area (TPSA) is 127 Å². The molecule has 0 saturated heterocycles. The van der Waals surface area contributed by atoms with Gasteiger partial charge < -0.3 is 30.5 Å². The van der Waals surface area contributed by atoms with Crippen molar-refractivity contribution in [2.75, 3.05) is 6.61 Å². The third kappa shape index (κ3) is 9.21. The first-order valence-electron chi connectivity index (χ1n) is 11.3. The molecule has 0 unspecified atom stereocenters. The number of aldehydes is 1. The van der Waals surface area contributed by atoms with Crippen molar-refractivity contribution in [2.24, 2.45) is 5.41 Å². The smallest absolute Gasteiger partial charge is 0.244 e. The molecule has 7 nitrogen and oxygen atoms in total. The summed E-state index contributed by atoms with van der Waals surface area (Å²) in [5.74, 6) is -0.637. The summed E-state index contributed by atoms with van der Waals surface area (Å²) >= 11 is 0. The molecule has 1 amide bonds. The van der Waals surface area contributed by atoms with E-state index >= 15 is 0 Å². The van der Waals surface area contributed by atoms with Crippen molar-refractivity contribution < 1.29 is 30.0 Å². The highest BCUT2D eigenvalue weighted by atomic mass is 16.4. The van der Waals surface area contributed by atoms with Crippen LogP contribution in [0, 0.1) is 5.41 Å². The number of aliphatic hydroxyl groups is 4. The van der Waals surface area contributed by atoms with E-state index in [0.29, 0.717) is 5.57 Å². The van der Waals surface area contributed by atoms with Crippen molar-refractivity contribution in [1.82, 2.24) is 5.32 Å². The summed E-state index contributed by atoms with van der Waals surface area (Å²) in [6.45, 7) is 9.67. The van der Waals surface area contributed by atoms with Crippen LogP contribution in [0.25, 0.3) is 0 Å². The number of carbonyl (C=O) groups excluding carboxylic acids is 2. The predicted octanol–water partition coefficient (Wildman–Crippen LogP) is 2.28. The van der Waals surface area contributed by atoms with Crippen LogP contribution in [0.3, 0.4) is 0 Å². The van der Waals surface area contributed by atoms with Crippen LogP contribution in [0.5, 0.6) is 0 Å². The summed E-state index contributed by atoms with van der Waals surface area (Å²) in [7, 11) is 0. The number of hydrogen-bond donors (Lipinski definition) is 5. The molecular formula is C26H39NO6. The van der Waals surface area contributed by atoms with Gasteiger partial charge in [0.15, 0.2) is 0 Å². The fourth-order valence-corrected chi connectivity index (χ4v) is 3.84. The van der Waals surface area contributed by atoms with E-state index in [1.807, 2.05) is 19.1 Å². The second-order valence-corrected chi connectivity index (χ2v) is 9.32. The van der Waals surface area contributed by atoms with Crippen LogP contribution in [0.1, 0.15) is 53.9 Å². The highest BCUT2D eigenvalue weighted by molar-refractivity contribution is 5.90. The number of allylic oxidation sites excluding steroid dienone is 9. The fourth-order valence-electron chi connectivity index (χ4n) is 3.84. The van der Waals surface area contributed by atoms with Crippen molar-refractivity contribution >= 4 is 12.2 Å². The molecule has 0 aromatic rings. The van der Waals surface area contributed by atoms with E-state index in [0.717, 1.165) is 12.0 Å². The van der Waals surface area contributed by atoms with Gasteiger partial charge in [-0.1, -0.05) is 55.4 Å². The zero-order valence-electron chi connectivity index (χ0n) is 20.3. The van der Waals surface area contributed by atoms with Crippen molar-refractivity contribution in [2.45, 2.75) is 78.2 Å². The molecule has 1 aliphatic carbocycles. The Morgan fingerprint density at radius 2 is 1.79 bits per heavy atom. The number of nitrogens with one attached hydrogen (secondary N) is 1. The minimum atomic E-state index is -1.78. The van der Waals surface area contributed by atoms with E-state index in [1.165, 1.54) is 30.1 Å². The fraction of sp³-hybridized carbons (Fsp3) is 0.538. The first-order chi connectivity index (χ1) is 15.4. The number of hydrogen-bond acceptors (Lipinski definition) is 6. The van der Waals surface area contributed by atoms with Gasteiger partial charge in [0.1, 0.15) is 30.6 Å². The van der Waals surface area contributed by atoms with E-state index in [9.17, 15) is 24.9 Å². The highest BCUT2D eigenvalue weighted by Gasteiger charge is 2.31. The van der Waals surface area contributed by atoms with Crippen LogP contribution in [0.15, 0.2) is 58.7 Å². The molecule has 0 saturated carbocycles. The van der Waals surface area contributed by atoms with Gasteiger partial charge in [0, 0.05) is 6.08 Å². The van der Waals surface area contributed by atoms with E-state index < -0.39 is 36.9 Å². The van der Waals surface area contributed by atoms with E-state index in [1.54, 1.807) is 13.0 Å². The third-order valence-electron chi connectivity index (χ3n) is 5.89. The molecule has 0 aliphatic heterocycles. The lowest BCUT2D eigenvalue weighted by Crippen LogP contribution is -2.53. The molecule has 0 aromatic carbocycles. The minimum absolute atomic E-state index is 0.181.